The molecule has 1 aromatic carbocycles. The van der Waals surface area contributed by atoms with E-state index in [1.807, 2.05) is 0 Å². The molecule has 0 saturated heterocycles. The van der Waals surface area contributed by atoms with Gasteiger partial charge in [0.05, 0.1) is 18.4 Å². The molecule has 0 aliphatic heterocycles. The second-order valence-electron chi connectivity index (χ2n) is 3.38. The molecule has 5 nitrogen and oxygen atoms in total. The summed E-state index contributed by atoms with van der Waals surface area (Å²) >= 11 is 0. The number of hydrogen-bond donors (Lipinski definition) is 1. The Kier molecular flexibility index (Phi) is 3.47. The van der Waals surface area contributed by atoms with Crippen LogP contribution in [0.2, 0.25) is 0 Å². The molecule has 0 bridgehead atoms. The van der Waals surface area contributed by atoms with Crippen molar-refractivity contribution in [2.75, 3.05) is 12.4 Å². The van der Waals surface area contributed by atoms with Gasteiger partial charge in [-0.3, -0.25) is 0 Å². The maximum atomic E-state index is 13.2. The summed E-state index contributed by atoms with van der Waals surface area (Å²) < 4.78 is 17.8. The molecule has 0 amide bonds. The van der Waals surface area contributed by atoms with Crippen LogP contribution in [0.5, 0.6) is 0 Å². The zero-order valence-electron chi connectivity index (χ0n) is 9.55. The van der Waals surface area contributed by atoms with Gasteiger partial charge < -0.3 is 10.1 Å². The van der Waals surface area contributed by atoms with Crippen LogP contribution in [-0.4, -0.2) is 23.0 Å². The number of nitrogens with one attached hydrogen (secondary N) is 1. The zero-order valence-corrected chi connectivity index (χ0v) is 9.55. The molecule has 0 spiro atoms. The Morgan fingerprint density at radius 2 is 2.06 bits per heavy atom. The lowest BCUT2D eigenvalue weighted by molar-refractivity contribution is 0.0602. The molecule has 0 atom stereocenters. The van der Waals surface area contributed by atoms with E-state index < -0.39 is 11.8 Å². The van der Waals surface area contributed by atoms with Gasteiger partial charge in [-0.25, -0.2) is 19.2 Å². The van der Waals surface area contributed by atoms with Crippen LogP contribution in [0, 0.1) is 5.82 Å². The normalized spacial score (nSPS) is 9.89. The molecule has 0 unspecified atom stereocenters. The second-order valence-corrected chi connectivity index (χ2v) is 3.38. The van der Waals surface area contributed by atoms with Gasteiger partial charge in [0.25, 0.3) is 0 Å². The van der Waals surface area contributed by atoms with Gasteiger partial charge in [-0.2, -0.15) is 0 Å². The van der Waals surface area contributed by atoms with E-state index in [9.17, 15) is 9.18 Å². The first kappa shape index (κ1) is 12.0. The Bertz CT molecular complexity index is 561. The average Bonchev–Trinajstić information content (AvgIpc) is 2.39. The van der Waals surface area contributed by atoms with Crippen molar-refractivity contribution in [3.63, 3.8) is 0 Å². The maximum absolute atomic E-state index is 13.2. The van der Waals surface area contributed by atoms with E-state index in [4.69, 9.17) is 0 Å². The molecule has 18 heavy (non-hydrogen) atoms. The lowest BCUT2D eigenvalue weighted by Crippen LogP contribution is -2.07. The predicted molar refractivity (Wildman–Crippen MR) is 63.1 cm³/mol. The SMILES string of the molecule is COC(=O)c1ccc(F)cc1Nc1ncccn1. The van der Waals surface area contributed by atoms with Crippen LogP contribution in [0.15, 0.2) is 36.7 Å². The number of halogens is 1. The summed E-state index contributed by atoms with van der Waals surface area (Å²) in [7, 11) is 1.26. The molecule has 92 valence electrons. The Morgan fingerprint density at radius 3 is 2.72 bits per heavy atom. The topological polar surface area (TPSA) is 64.1 Å². The molecule has 0 saturated carbocycles. The number of aromatic nitrogens is 2. The minimum absolute atomic E-state index is 0.214. The summed E-state index contributed by atoms with van der Waals surface area (Å²) in [5, 5.41) is 2.77. The van der Waals surface area contributed by atoms with Gasteiger partial charge in [-0.15, -0.1) is 0 Å². The summed E-state index contributed by atoms with van der Waals surface area (Å²) in [6.45, 7) is 0. The van der Waals surface area contributed by atoms with Crippen LogP contribution in [0.25, 0.3) is 0 Å². The summed E-state index contributed by atoms with van der Waals surface area (Å²) in [6.07, 6.45) is 3.07. The number of carbonyl (C=O) groups excluding carboxylic acids is 1. The summed E-state index contributed by atoms with van der Waals surface area (Å²) in [5.74, 6) is -0.761. The fourth-order valence-corrected chi connectivity index (χ4v) is 1.39. The third-order valence-electron chi connectivity index (χ3n) is 2.20. The first-order valence-corrected chi connectivity index (χ1v) is 5.12. The van der Waals surface area contributed by atoms with Crippen LogP contribution in [0.3, 0.4) is 0 Å². The highest BCUT2D eigenvalue weighted by Gasteiger charge is 2.13. The van der Waals surface area contributed by atoms with Crippen molar-refractivity contribution < 1.29 is 13.9 Å². The molecule has 0 aliphatic rings. The molecule has 0 aliphatic carbocycles. The van der Waals surface area contributed by atoms with Crippen LogP contribution >= 0.6 is 0 Å². The summed E-state index contributed by atoms with van der Waals surface area (Å²) in [6, 6.07) is 5.36. The number of nitrogens with zero attached hydrogens (tertiary/aromatic N) is 2. The number of esters is 1. The fraction of sp³-hybridized carbons (Fsp3) is 0.0833. The zero-order chi connectivity index (χ0) is 13.0. The van der Waals surface area contributed by atoms with Crippen molar-refractivity contribution in [2.45, 2.75) is 0 Å². The number of rotatable bonds is 3. The second kappa shape index (κ2) is 5.22. The Labute approximate surface area is 103 Å². The molecule has 1 N–H and O–H groups in total. The first-order chi connectivity index (χ1) is 8.70. The predicted octanol–water partition coefficient (Wildman–Crippen LogP) is 2.15. The highest BCUT2D eigenvalue weighted by molar-refractivity contribution is 5.96. The van der Waals surface area contributed by atoms with Gasteiger partial charge in [-0.1, -0.05) is 0 Å². The van der Waals surface area contributed by atoms with E-state index in [1.54, 1.807) is 6.07 Å². The fourth-order valence-electron chi connectivity index (χ4n) is 1.39. The third-order valence-corrected chi connectivity index (χ3v) is 2.20. The molecule has 0 fully saturated rings. The van der Waals surface area contributed by atoms with Crippen molar-refractivity contribution in [3.05, 3.63) is 48.0 Å². The number of carbonyl (C=O) groups is 1. The smallest absolute Gasteiger partial charge is 0.339 e. The van der Waals surface area contributed by atoms with Gasteiger partial charge >= 0.3 is 5.97 Å². The van der Waals surface area contributed by atoms with E-state index in [-0.39, 0.29) is 17.2 Å². The number of methoxy groups -OCH3 is 1. The van der Waals surface area contributed by atoms with Crippen molar-refractivity contribution in [1.82, 2.24) is 9.97 Å². The lowest BCUT2D eigenvalue weighted by atomic mass is 10.1. The number of ether oxygens (including phenoxy) is 1. The molecule has 2 aromatic rings. The minimum Gasteiger partial charge on any atom is -0.465 e. The molecule has 1 heterocycles. The monoisotopic (exact) mass is 247 g/mol. The highest BCUT2D eigenvalue weighted by Crippen LogP contribution is 2.20. The third kappa shape index (κ3) is 2.60. The summed E-state index contributed by atoms with van der Waals surface area (Å²) in [4.78, 5) is 19.4. The Hall–Kier alpha value is -2.50. The molecule has 6 heteroatoms. The van der Waals surface area contributed by atoms with Gasteiger partial charge in [0.2, 0.25) is 5.95 Å². The van der Waals surface area contributed by atoms with Crippen molar-refractivity contribution in [1.29, 1.82) is 0 Å². The first-order valence-electron chi connectivity index (χ1n) is 5.12. The van der Waals surface area contributed by atoms with Crippen LogP contribution in [0.1, 0.15) is 10.4 Å². The maximum Gasteiger partial charge on any atom is 0.339 e. The number of benzene rings is 1. The Morgan fingerprint density at radius 1 is 1.33 bits per heavy atom. The quantitative estimate of drug-likeness (QED) is 0.842. The molecule has 1 aromatic heterocycles. The Balaban J connectivity index is 2.36. The standard InChI is InChI=1S/C12H10FN3O2/c1-18-11(17)9-4-3-8(13)7-10(9)16-12-14-5-2-6-15-12/h2-7H,1H3,(H,14,15,16). The molecule has 0 radical (unpaired) electrons. The van der Waals surface area contributed by atoms with Crippen LogP contribution in [-0.2, 0) is 4.74 Å². The van der Waals surface area contributed by atoms with Crippen LogP contribution < -0.4 is 5.32 Å². The van der Waals surface area contributed by atoms with E-state index in [0.717, 1.165) is 0 Å². The van der Waals surface area contributed by atoms with Crippen molar-refractivity contribution in [2.24, 2.45) is 0 Å². The summed E-state index contributed by atoms with van der Waals surface area (Å²) in [5.41, 5.74) is 0.472. The average molecular weight is 247 g/mol. The van der Waals surface area contributed by atoms with Crippen LogP contribution in [0.4, 0.5) is 16.0 Å². The minimum atomic E-state index is -0.562. The highest BCUT2D eigenvalue weighted by atomic mass is 19.1. The van der Waals surface area contributed by atoms with E-state index in [2.05, 4.69) is 20.0 Å². The van der Waals surface area contributed by atoms with Crippen molar-refractivity contribution >= 4 is 17.6 Å². The van der Waals surface area contributed by atoms with Gasteiger partial charge in [-0.05, 0) is 24.3 Å². The lowest BCUT2D eigenvalue weighted by Gasteiger charge is -2.09. The largest absolute Gasteiger partial charge is 0.465 e. The molecular formula is C12H10FN3O2. The number of anilines is 2. The van der Waals surface area contributed by atoms with E-state index in [1.165, 1.54) is 37.7 Å². The van der Waals surface area contributed by atoms with E-state index >= 15 is 0 Å². The molecular weight excluding hydrogens is 237 g/mol. The van der Waals surface area contributed by atoms with E-state index in [0.29, 0.717) is 0 Å². The number of hydrogen-bond acceptors (Lipinski definition) is 5. The van der Waals surface area contributed by atoms with Gasteiger partial charge in [0.1, 0.15) is 5.82 Å². The van der Waals surface area contributed by atoms with Gasteiger partial charge in [0.15, 0.2) is 0 Å². The van der Waals surface area contributed by atoms with Crippen molar-refractivity contribution in [3.8, 4) is 0 Å². The molecule has 2 rings (SSSR count). The van der Waals surface area contributed by atoms with Gasteiger partial charge in [0, 0.05) is 12.4 Å².